The van der Waals surface area contributed by atoms with Crippen LogP contribution < -0.4 is 5.32 Å². The van der Waals surface area contributed by atoms with E-state index in [1.54, 1.807) is 6.92 Å². The molecule has 1 aromatic heterocycles. The zero-order chi connectivity index (χ0) is 12.0. The molecule has 0 atom stereocenters. The maximum absolute atomic E-state index is 11.5. The normalized spacial score (nSPS) is 16.9. The zero-order valence-corrected chi connectivity index (χ0v) is 11.6. The lowest BCUT2D eigenvalue weighted by molar-refractivity contribution is -0.129. The first-order valence-electron chi connectivity index (χ1n) is 6.13. The van der Waals surface area contributed by atoms with Gasteiger partial charge in [0.15, 0.2) is 0 Å². The fraction of sp³-hybridized carbons (Fsp3) is 0.538. The van der Waals surface area contributed by atoms with Gasteiger partial charge in [-0.3, -0.25) is 9.78 Å². The number of nitrogens with zero attached hydrogens (tertiary/aromatic N) is 2. The van der Waals surface area contributed by atoms with Crippen LogP contribution in [0.3, 0.4) is 0 Å². The molecule has 0 aliphatic carbocycles. The molecule has 0 radical (unpaired) electrons. The number of aryl methyl sites for hydroxylation is 1. The Morgan fingerprint density at radius 2 is 2.06 bits per heavy atom. The van der Waals surface area contributed by atoms with Crippen molar-refractivity contribution in [2.75, 3.05) is 6.54 Å². The van der Waals surface area contributed by atoms with Crippen LogP contribution in [0.4, 0.5) is 0 Å². The fourth-order valence-electron chi connectivity index (χ4n) is 2.84. The summed E-state index contributed by atoms with van der Waals surface area (Å²) >= 11 is 0. The van der Waals surface area contributed by atoms with Gasteiger partial charge in [-0.25, -0.2) is 0 Å². The number of halogens is 1. The van der Waals surface area contributed by atoms with E-state index in [0.29, 0.717) is 6.54 Å². The minimum absolute atomic E-state index is 0. The third-order valence-electron chi connectivity index (χ3n) is 3.80. The molecule has 2 aliphatic rings. The summed E-state index contributed by atoms with van der Waals surface area (Å²) < 4.78 is 0. The Balaban J connectivity index is 0.00000120. The number of carbonyl (C=O) groups is 1. The molecular formula is C13H18ClN3O. The topological polar surface area (TPSA) is 45.2 Å². The number of hydrogen-bond acceptors (Lipinski definition) is 3. The van der Waals surface area contributed by atoms with Gasteiger partial charge in [0.25, 0.3) is 0 Å². The lowest BCUT2D eigenvalue weighted by Gasteiger charge is -2.21. The van der Waals surface area contributed by atoms with E-state index >= 15 is 0 Å². The molecule has 1 amide bonds. The Morgan fingerprint density at radius 3 is 2.78 bits per heavy atom. The highest BCUT2D eigenvalue weighted by molar-refractivity contribution is 5.85. The summed E-state index contributed by atoms with van der Waals surface area (Å²) in [5.74, 6) is 0.142. The van der Waals surface area contributed by atoms with Gasteiger partial charge < -0.3 is 10.2 Å². The molecule has 3 rings (SSSR count). The summed E-state index contributed by atoms with van der Waals surface area (Å²) in [6.07, 6.45) is 1.06. The van der Waals surface area contributed by atoms with Crippen LogP contribution in [0.5, 0.6) is 0 Å². The first-order valence-corrected chi connectivity index (χ1v) is 6.13. The van der Waals surface area contributed by atoms with Crippen LogP contribution in [0.25, 0.3) is 0 Å². The molecule has 0 unspecified atom stereocenters. The van der Waals surface area contributed by atoms with Crippen molar-refractivity contribution in [2.45, 2.75) is 39.9 Å². The molecule has 1 aromatic rings. The van der Waals surface area contributed by atoms with Crippen molar-refractivity contribution in [1.29, 1.82) is 0 Å². The van der Waals surface area contributed by atoms with Crippen molar-refractivity contribution in [3.63, 3.8) is 0 Å². The lowest BCUT2D eigenvalue weighted by atomic mass is 9.94. The van der Waals surface area contributed by atoms with Gasteiger partial charge in [-0.05, 0) is 36.6 Å². The van der Waals surface area contributed by atoms with E-state index in [0.717, 1.165) is 37.4 Å². The Kier molecular flexibility index (Phi) is 3.59. The zero-order valence-electron chi connectivity index (χ0n) is 10.7. The van der Waals surface area contributed by atoms with Gasteiger partial charge in [-0.1, -0.05) is 0 Å². The molecule has 5 heteroatoms. The van der Waals surface area contributed by atoms with Gasteiger partial charge in [-0.2, -0.15) is 0 Å². The summed E-state index contributed by atoms with van der Waals surface area (Å²) in [6, 6.07) is 0. The van der Waals surface area contributed by atoms with Crippen LogP contribution in [0, 0.1) is 6.92 Å². The average Bonchev–Trinajstić information content (AvgIpc) is 2.73. The third-order valence-corrected chi connectivity index (χ3v) is 3.80. The average molecular weight is 268 g/mol. The number of hydrogen-bond donors (Lipinski definition) is 1. The minimum atomic E-state index is 0. The summed E-state index contributed by atoms with van der Waals surface area (Å²) in [5, 5.41) is 3.39. The van der Waals surface area contributed by atoms with Crippen molar-refractivity contribution in [1.82, 2.24) is 15.2 Å². The molecule has 1 N–H and O–H groups in total. The molecule has 98 valence electrons. The van der Waals surface area contributed by atoms with Gasteiger partial charge >= 0.3 is 0 Å². The van der Waals surface area contributed by atoms with E-state index in [-0.39, 0.29) is 18.3 Å². The molecule has 0 bridgehead atoms. The van der Waals surface area contributed by atoms with Crippen molar-refractivity contribution in [2.24, 2.45) is 0 Å². The van der Waals surface area contributed by atoms with Crippen molar-refractivity contribution in [3.8, 4) is 0 Å². The maximum atomic E-state index is 11.5. The Morgan fingerprint density at radius 1 is 1.28 bits per heavy atom. The highest BCUT2D eigenvalue weighted by atomic mass is 35.5. The fourth-order valence-corrected chi connectivity index (χ4v) is 2.84. The molecule has 2 aliphatic heterocycles. The largest absolute Gasteiger partial charge is 0.333 e. The number of nitrogens with one attached hydrogen (secondary N) is 1. The van der Waals surface area contributed by atoms with E-state index < -0.39 is 0 Å². The van der Waals surface area contributed by atoms with Crippen LogP contribution in [-0.2, 0) is 30.8 Å². The summed E-state index contributed by atoms with van der Waals surface area (Å²) in [6.45, 7) is 7.09. The van der Waals surface area contributed by atoms with Crippen LogP contribution in [0.2, 0.25) is 0 Å². The van der Waals surface area contributed by atoms with Crippen LogP contribution in [0.15, 0.2) is 0 Å². The van der Waals surface area contributed by atoms with Gasteiger partial charge in [-0.15, -0.1) is 12.4 Å². The molecule has 18 heavy (non-hydrogen) atoms. The van der Waals surface area contributed by atoms with Crippen molar-refractivity contribution >= 4 is 18.3 Å². The highest BCUT2D eigenvalue weighted by Gasteiger charge is 2.28. The second-order valence-corrected chi connectivity index (χ2v) is 4.88. The Labute approximate surface area is 113 Å². The lowest BCUT2D eigenvalue weighted by Crippen LogP contribution is -2.26. The Hall–Kier alpha value is -1.13. The van der Waals surface area contributed by atoms with Gasteiger partial charge in [0, 0.05) is 25.7 Å². The first-order chi connectivity index (χ1) is 8.16. The number of aromatic nitrogens is 1. The first kappa shape index (κ1) is 13.3. The summed E-state index contributed by atoms with van der Waals surface area (Å²) in [5.41, 5.74) is 6.33. The van der Waals surface area contributed by atoms with Gasteiger partial charge in [0.05, 0.1) is 12.2 Å². The standard InChI is InChI=1S/C13H17N3O.ClH/c1-8-11-5-14-4-3-10(11)12-6-16(9(2)17)7-13(12)15-8;/h14H,3-7H2,1-2H3;1H. The van der Waals surface area contributed by atoms with E-state index in [9.17, 15) is 4.79 Å². The van der Waals surface area contributed by atoms with Crippen LogP contribution >= 0.6 is 12.4 Å². The molecule has 0 fully saturated rings. The SMILES string of the molecule is CC(=O)N1Cc2nc(C)c3c(c2C1)CCNC3.Cl. The summed E-state index contributed by atoms with van der Waals surface area (Å²) in [4.78, 5) is 18.0. The predicted octanol–water partition coefficient (Wildman–Crippen LogP) is 1.32. The number of rotatable bonds is 0. The monoisotopic (exact) mass is 267 g/mol. The third kappa shape index (κ3) is 1.99. The van der Waals surface area contributed by atoms with Crippen molar-refractivity contribution < 1.29 is 4.79 Å². The minimum Gasteiger partial charge on any atom is -0.333 e. The predicted molar refractivity (Wildman–Crippen MR) is 71.6 cm³/mol. The smallest absolute Gasteiger partial charge is 0.220 e. The van der Waals surface area contributed by atoms with Gasteiger partial charge in [0.2, 0.25) is 5.91 Å². The quantitative estimate of drug-likeness (QED) is 0.771. The van der Waals surface area contributed by atoms with E-state index in [2.05, 4.69) is 17.2 Å². The van der Waals surface area contributed by atoms with E-state index in [1.807, 2.05) is 4.90 Å². The number of fused-ring (bicyclic) bond motifs is 3. The van der Waals surface area contributed by atoms with Crippen LogP contribution in [0.1, 0.15) is 35.0 Å². The van der Waals surface area contributed by atoms with Crippen molar-refractivity contribution in [3.05, 3.63) is 28.1 Å². The number of amides is 1. The molecule has 3 heterocycles. The second kappa shape index (κ2) is 4.86. The van der Waals surface area contributed by atoms with E-state index in [1.165, 1.54) is 16.7 Å². The Bertz CT molecular complexity index is 501. The van der Waals surface area contributed by atoms with Crippen LogP contribution in [-0.4, -0.2) is 22.3 Å². The molecule has 0 saturated heterocycles. The van der Waals surface area contributed by atoms with Gasteiger partial charge in [0.1, 0.15) is 0 Å². The molecule has 0 saturated carbocycles. The second-order valence-electron chi connectivity index (χ2n) is 4.88. The maximum Gasteiger partial charge on any atom is 0.220 e. The molecular weight excluding hydrogens is 250 g/mol. The summed E-state index contributed by atoms with van der Waals surface area (Å²) in [7, 11) is 0. The molecule has 0 spiro atoms. The number of carbonyl (C=O) groups excluding carboxylic acids is 1. The molecule has 4 nitrogen and oxygen atoms in total. The number of pyridine rings is 1. The molecule has 0 aromatic carbocycles. The highest BCUT2D eigenvalue weighted by Crippen LogP contribution is 2.30. The van der Waals surface area contributed by atoms with E-state index in [4.69, 9.17) is 0 Å².